The van der Waals surface area contributed by atoms with Crippen LogP contribution in [0.25, 0.3) is 16.8 Å². The highest BCUT2D eigenvalue weighted by molar-refractivity contribution is 5.89. The molecule has 25 heavy (non-hydrogen) atoms. The minimum absolute atomic E-state index is 0.218. The first-order valence-electron chi connectivity index (χ1n) is 8.38. The maximum atomic E-state index is 14.3. The fourth-order valence-electron chi connectivity index (χ4n) is 2.91. The number of carbonyl (C=O) groups is 1. The average Bonchev–Trinajstić information content (AvgIpc) is 2.92. The minimum atomic E-state index is -0.485. The molecule has 2 aromatic heterocycles. The Hall–Kier alpha value is -2.76. The molecule has 2 heterocycles. The van der Waals surface area contributed by atoms with Crippen molar-refractivity contribution in [3.63, 3.8) is 0 Å². The van der Waals surface area contributed by atoms with Crippen LogP contribution in [0.2, 0.25) is 0 Å². The molecule has 0 aliphatic heterocycles. The number of hydrogen-bond donors (Lipinski definition) is 0. The molecule has 0 amide bonds. The topological polar surface area (TPSA) is 56.5 Å². The molecule has 0 atom stereocenters. The molecular weight excluding hydrogens is 321 g/mol. The van der Waals surface area contributed by atoms with Crippen molar-refractivity contribution in [1.82, 2.24) is 14.6 Å². The van der Waals surface area contributed by atoms with Gasteiger partial charge in [0, 0.05) is 11.3 Å². The molecule has 0 bridgehead atoms. The van der Waals surface area contributed by atoms with Crippen LogP contribution >= 0.6 is 0 Å². The van der Waals surface area contributed by atoms with Crippen molar-refractivity contribution in [2.75, 3.05) is 6.61 Å². The Kier molecular flexibility index (Phi) is 4.79. The number of aryl methyl sites for hydroxylation is 2. The van der Waals surface area contributed by atoms with E-state index in [1.165, 1.54) is 6.07 Å². The molecule has 130 valence electrons. The van der Waals surface area contributed by atoms with Crippen LogP contribution in [0.1, 0.15) is 42.1 Å². The lowest BCUT2D eigenvalue weighted by Crippen LogP contribution is -2.11. The number of fused-ring (bicyclic) bond motifs is 1. The molecule has 0 saturated heterocycles. The molecule has 3 aromatic rings. The highest BCUT2D eigenvalue weighted by atomic mass is 19.1. The van der Waals surface area contributed by atoms with Crippen molar-refractivity contribution in [1.29, 1.82) is 0 Å². The summed E-state index contributed by atoms with van der Waals surface area (Å²) < 4.78 is 21.1. The Balaban J connectivity index is 2.30. The smallest absolute Gasteiger partial charge is 0.357 e. The van der Waals surface area contributed by atoms with Crippen molar-refractivity contribution in [3.8, 4) is 11.1 Å². The van der Waals surface area contributed by atoms with Crippen LogP contribution < -0.4 is 0 Å². The van der Waals surface area contributed by atoms with Crippen LogP contribution in [0.5, 0.6) is 0 Å². The van der Waals surface area contributed by atoms with Gasteiger partial charge >= 0.3 is 5.97 Å². The number of ether oxygens (including phenoxy) is 1. The lowest BCUT2D eigenvalue weighted by Gasteiger charge is -2.08. The first-order chi connectivity index (χ1) is 12.1. The molecule has 6 heteroatoms. The van der Waals surface area contributed by atoms with Gasteiger partial charge in [0.25, 0.3) is 0 Å². The fourth-order valence-corrected chi connectivity index (χ4v) is 2.91. The Bertz CT molecular complexity index is 934. The normalized spacial score (nSPS) is 11.0. The van der Waals surface area contributed by atoms with Crippen molar-refractivity contribution in [3.05, 3.63) is 53.2 Å². The monoisotopic (exact) mass is 341 g/mol. The number of carbonyl (C=O) groups excluding carboxylic acids is 1. The van der Waals surface area contributed by atoms with Crippen LogP contribution in [0.3, 0.4) is 0 Å². The summed E-state index contributed by atoms with van der Waals surface area (Å²) in [4.78, 5) is 16.6. The van der Waals surface area contributed by atoms with Crippen LogP contribution in [-0.4, -0.2) is 27.2 Å². The van der Waals surface area contributed by atoms with E-state index in [1.807, 2.05) is 13.8 Å². The largest absolute Gasteiger partial charge is 0.461 e. The third-order valence-corrected chi connectivity index (χ3v) is 3.97. The zero-order chi connectivity index (χ0) is 18.0. The Morgan fingerprint density at radius 2 is 2.04 bits per heavy atom. The first-order valence-corrected chi connectivity index (χ1v) is 8.38. The van der Waals surface area contributed by atoms with Crippen molar-refractivity contribution in [2.24, 2.45) is 0 Å². The van der Waals surface area contributed by atoms with Crippen molar-refractivity contribution in [2.45, 2.75) is 33.6 Å². The molecule has 1 aromatic carbocycles. The van der Waals surface area contributed by atoms with E-state index in [2.05, 4.69) is 10.1 Å². The third-order valence-electron chi connectivity index (χ3n) is 3.97. The molecule has 0 radical (unpaired) electrons. The van der Waals surface area contributed by atoms with Gasteiger partial charge in [-0.05, 0) is 32.4 Å². The molecular formula is C19H20FN3O2. The molecule has 0 N–H and O–H groups in total. The van der Waals surface area contributed by atoms with E-state index in [0.717, 1.165) is 18.5 Å². The van der Waals surface area contributed by atoms with Gasteiger partial charge < -0.3 is 4.74 Å². The molecule has 3 rings (SSSR count). The van der Waals surface area contributed by atoms with Gasteiger partial charge in [-0.25, -0.2) is 18.7 Å². The number of aromatic nitrogens is 3. The van der Waals surface area contributed by atoms with Gasteiger partial charge in [0.15, 0.2) is 11.3 Å². The number of nitrogens with zero attached hydrogens (tertiary/aromatic N) is 3. The number of benzene rings is 1. The first kappa shape index (κ1) is 17.1. The van der Waals surface area contributed by atoms with E-state index < -0.39 is 5.97 Å². The highest BCUT2D eigenvalue weighted by Crippen LogP contribution is 2.30. The summed E-state index contributed by atoms with van der Waals surface area (Å²) in [5.74, 6) is -0.832. The summed E-state index contributed by atoms with van der Waals surface area (Å²) in [6, 6.07) is 8.20. The lowest BCUT2D eigenvalue weighted by atomic mass is 10.1. The SMILES string of the molecule is CCCc1cc(C(=O)OCC)nc2c(-c3ccccc3F)c(C)nn12. The van der Waals surface area contributed by atoms with Gasteiger partial charge in [-0.1, -0.05) is 31.5 Å². The summed E-state index contributed by atoms with van der Waals surface area (Å²) in [5.41, 5.74) is 3.22. The molecule has 0 aliphatic carbocycles. The summed E-state index contributed by atoms with van der Waals surface area (Å²) in [5, 5.41) is 4.53. The molecule has 0 spiro atoms. The predicted octanol–water partition coefficient (Wildman–Crippen LogP) is 3.97. The van der Waals surface area contributed by atoms with Crippen LogP contribution in [-0.2, 0) is 11.2 Å². The second-order valence-corrected chi connectivity index (χ2v) is 5.78. The van der Waals surface area contributed by atoms with E-state index in [0.29, 0.717) is 22.5 Å². The van der Waals surface area contributed by atoms with Crippen LogP contribution in [0, 0.1) is 12.7 Å². The quantitative estimate of drug-likeness (QED) is 0.659. The standard InChI is InChI=1S/C19H20FN3O2/c1-4-8-13-11-16(19(24)25-5-2)21-18-17(12(3)22-23(13)18)14-9-6-7-10-15(14)20/h6-7,9-11H,4-5,8H2,1-3H3. The van der Waals surface area contributed by atoms with Gasteiger partial charge in [-0.2, -0.15) is 5.10 Å². The number of hydrogen-bond acceptors (Lipinski definition) is 4. The maximum Gasteiger partial charge on any atom is 0.357 e. The number of rotatable bonds is 5. The fraction of sp³-hybridized carbons (Fsp3) is 0.316. The van der Waals surface area contributed by atoms with E-state index >= 15 is 0 Å². The van der Waals surface area contributed by atoms with Crippen molar-refractivity contribution < 1.29 is 13.9 Å². The van der Waals surface area contributed by atoms with E-state index in [1.54, 1.807) is 35.7 Å². The van der Waals surface area contributed by atoms with E-state index in [-0.39, 0.29) is 18.1 Å². The van der Waals surface area contributed by atoms with Crippen LogP contribution in [0.15, 0.2) is 30.3 Å². The molecule has 0 fully saturated rings. The van der Waals surface area contributed by atoms with Crippen LogP contribution in [0.4, 0.5) is 4.39 Å². The lowest BCUT2D eigenvalue weighted by molar-refractivity contribution is 0.0519. The number of esters is 1. The second-order valence-electron chi connectivity index (χ2n) is 5.78. The molecule has 5 nitrogen and oxygen atoms in total. The second kappa shape index (κ2) is 7.01. The van der Waals surface area contributed by atoms with E-state index in [4.69, 9.17) is 4.74 Å². The predicted molar refractivity (Wildman–Crippen MR) is 93.1 cm³/mol. The summed E-state index contributed by atoms with van der Waals surface area (Å²) in [6.07, 6.45) is 1.61. The maximum absolute atomic E-state index is 14.3. The van der Waals surface area contributed by atoms with Gasteiger partial charge in [-0.15, -0.1) is 0 Å². The Morgan fingerprint density at radius 1 is 1.28 bits per heavy atom. The summed E-state index contributed by atoms with van der Waals surface area (Å²) in [6.45, 7) is 5.88. The van der Waals surface area contributed by atoms with Crippen molar-refractivity contribution >= 4 is 11.6 Å². The average molecular weight is 341 g/mol. The van der Waals surface area contributed by atoms with Gasteiger partial charge in [0.2, 0.25) is 0 Å². The molecule has 0 aliphatic rings. The third kappa shape index (κ3) is 3.12. The van der Waals surface area contributed by atoms with Gasteiger partial charge in [0.05, 0.1) is 17.9 Å². The summed E-state index contributed by atoms with van der Waals surface area (Å²) >= 11 is 0. The summed E-state index contributed by atoms with van der Waals surface area (Å²) in [7, 11) is 0. The van der Waals surface area contributed by atoms with Gasteiger partial charge in [0.1, 0.15) is 5.82 Å². The number of halogens is 1. The zero-order valence-electron chi connectivity index (χ0n) is 14.5. The Labute approximate surface area is 145 Å². The van der Waals surface area contributed by atoms with Gasteiger partial charge in [-0.3, -0.25) is 0 Å². The van der Waals surface area contributed by atoms with E-state index in [9.17, 15) is 9.18 Å². The zero-order valence-corrected chi connectivity index (χ0v) is 14.5. The minimum Gasteiger partial charge on any atom is -0.461 e. The highest BCUT2D eigenvalue weighted by Gasteiger charge is 2.21. The molecule has 0 unspecified atom stereocenters. The molecule has 0 saturated carbocycles. The Morgan fingerprint density at radius 3 is 2.72 bits per heavy atom.